The van der Waals surface area contributed by atoms with E-state index in [2.05, 4.69) is 15.2 Å². The number of morpholine rings is 1. The number of anilines is 2. The third-order valence-electron chi connectivity index (χ3n) is 5.16. The molecule has 6 nitrogen and oxygen atoms in total. The number of hydrogen-bond donors (Lipinski definition) is 2. The average molecular weight is 377 g/mol. The van der Waals surface area contributed by atoms with E-state index in [0.29, 0.717) is 16.9 Å². The minimum Gasteiger partial charge on any atom is -0.378 e. The molecule has 2 aromatic carbocycles. The van der Waals surface area contributed by atoms with Gasteiger partial charge < -0.3 is 19.9 Å². The van der Waals surface area contributed by atoms with Crippen molar-refractivity contribution in [3.8, 4) is 0 Å². The Morgan fingerprint density at radius 3 is 2.57 bits per heavy atom. The van der Waals surface area contributed by atoms with E-state index < -0.39 is 11.7 Å². The number of Topliss-reactive ketones (excluding diaryl/α,β-unsaturated/α-hetero) is 1. The lowest BCUT2D eigenvalue weighted by molar-refractivity contribution is -0.112. The molecule has 0 bridgehead atoms. The molecule has 0 spiro atoms. The van der Waals surface area contributed by atoms with Crippen molar-refractivity contribution in [2.24, 2.45) is 0 Å². The number of nitrogens with zero attached hydrogens (tertiary/aromatic N) is 1. The van der Waals surface area contributed by atoms with Crippen molar-refractivity contribution in [2.45, 2.75) is 13.8 Å². The van der Waals surface area contributed by atoms with Gasteiger partial charge in [0.25, 0.3) is 11.7 Å². The number of hydrogen-bond acceptors (Lipinski definition) is 4. The quantitative estimate of drug-likeness (QED) is 0.540. The Bertz CT molecular complexity index is 1050. The lowest BCUT2D eigenvalue weighted by Crippen LogP contribution is -2.36. The van der Waals surface area contributed by atoms with Gasteiger partial charge in [-0.15, -0.1) is 0 Å². The van der Waals surface area contributed by atoms with Crippen LogP contribution >= 0.6 is 0 Å². The molecule has 0 atom stereocenters. The van der Waals surface area contributed by atoms with Crippen LogP contribution in [0.5, 0.6) is 0 Å². The highest BCUT2D eigenvalue weighted by atomic mass is 16.5. The standard InChI is InChI=1S/C22H23N3O3/c1-14-13-16(25-9-11-28-12-10-25)7-8-18(14)24-22(27)21(26)20-15(2)23-19-6-4-3-5-17(19)20/h3-8,13,23H,9-12H2,1-2H3,(H,24,27). The van der Waals surface area contributed by atoms with Gasteiger partial charge in [-0.05, 0) is 43.7 Å². The topological polar surface area (TPSA) is 74.4 Å². The van der Waals surface area contributed by atoms with E-state index in [1.807, 2.05) is 56.3 Å². The zero-order valence-corrected chi connectivity index (χ0v) is 16.0. The van der Waals surface area contributed by atoms with Gasteiger partial charge in [0.15, 0.2) is 0 Å². The molecule has 1 aliphatic heterocycles. The molecule has 1 aromatic heterocycles. The largest absolute Gasteiger partial charge is 0.378 e. The van der Waals surface area contributed by atoms with Crippen molar-refractivity contribution in [1.29, 1.82) is 0 Å². The predicted molar refractivity (Wildman–Crippen MR) is 110 cm³/mol. The Hall–Kier alpha value is -3.12. The number of H-pyrrole nitrogens is 1. The number of para-hydroxylation sites is 1. The SMILES string of the molecule is Cc1cc(N2CCOCC2)ccc1NC(=O)C(=O)c1c(C)[nH]c2ccccc12. The lowest BCUT2D eigenvalue weighted by atomic mass is 10.1. The lowest BCUT2D eigenvalue weighted by Gasteiger charge is -2.29. The van der Waals surface area contributed by atoms with Crippen molar-refractivity contribution in [3.05, 3.63) is 59.3 Å². The van der Waals surface area contributed by atoms with Gasteiger partial charge in [0.05, 0.1) is 18.8 Å². The molecule has 1 fully saturated rings. The van der Waals surface area contributed by atoms with Crippen molar-refractivity contribution in [3.63, 3.8) is 0 Å². The second-order valence-corrected chi connectivity index (χ2v) is 7.05. The Morgan fingerprint density at radius 2 is 1.82 bits per heavy atom. The summed E-state index contributed by atoms with van der Waals surface area (Å²) in [6.07, 6.45) is 0. The van der Waals surface area contributed by atoms with Crippen LogP contribution in [0.15, 0.2) is 42.5 Å². The molecular formula is C22H23N3O3. The summed E-state index contributed by atoms with van der Waals surface area (Å²) in [5.74, 6) is -1.17. The van der Waals surface area contributed by atoms with Gasteiger partial charge in [-0.1, -0.05) is 18.2 Å². The third-order valence-corrected chi connectivity index (χ3v) is 5.16. The summed E-state index contributed by atoms with van der Waals surface area (Å²) in [6.45, 7) is 6.88. The van der Waals surface area contributed by atoms with E-state index in [-0.39, 0.29) is 0 Å². The molecule has 0 unspecified atom stereocenters. The van der Waals surface area contributed by atoms with Gasteiger partial charge in [0.2, 0.25) is 0 Å². The highest BCUT2D eigenvalue weighted by molar-refractivity contribution is 6.48. The molecule has 2 heterocycles. The van der Waals surface area contributed by atoms with Gasteiger partial charge in [-0.25, -0.2) is 0 Å². The van der Waals surface area contributed by atoms with E-state index in [1.165, 1.54) is 0 Å². The number of fused-ring (bicyclic) bond motifs is 1. The first-order chi connectivity index (χ1) is 13.5. The summed E-state index contributed by atoms with van der Waals surface area (Å²) in [4.78, 5) is 30.9. The van der Waals surface area contributed by atoms with Crippen LogP contribution < -0.4 is 10.2 Å². The number of ether oxygens (including phenoxy) is 1. The van der Waals surface area contributed by atoms with Gasteiger partial charge in [-0.2, -0.15) is 0 Å². The van der Waals surface area contributed by atoms with E-state index in [4.69, 9.17) is 4.74 Å². The normalized spacial score (nSPS) is 14.3. The van der Waals surface area contributed by atoms with Gasteiger partial charge in [0.1, 0.15) is 0 Å². The molecule has 2 N–H and O–H groups in total. The number of rotatable bonds is 4. The summed E-state index contributed by atoms with van der Waals surface area (Å²) in [6, 6.07) is 13.4. The minimum atomic E-state index is -0.630. The summed E-state index contributed by atoms with van der Waals surface area (Å²) >= 11 is 0. The van der Waals surface area contributed by atoms with Crippen LogP contribution in [0.3, 0.4) is 0 Å². The second kappa shape index (κ2) is 7.48. The zero-order valence-electron chi connectivity index (χ0n) is 16.0. The molecule has 1 aliphatic rings. The Balaban J connectivity index is 1.54. The van der Waals surface area contributed by atoms with Crippen LogP contribution in [-0.2, 0) is 9.53 Å². The molecule has 4 rings (SSSR count). The highest BCUT2D eigenvalue weighted by Gasteiger charge is 2.23. The number of nitrogens with one attached hydrogen (secondary N) is 2. The van der Waals surface area contributed by atoms with Gasteiger partial charge >= 0.3 is 0 Å². The Morgan fingerprint density at radius 1 is 1.07 bits per heavy atom. The Kier molecular flexibility index (Phi) is 4.88. The van der Waals surface area contributed by atoms with Crippen molar-refractivity contribution in [1.82, 2.24) is 4.98 Å². The highest BCUT2D eigenvalue weighted by Crippen LogP contribution is 2.25. The van der Waals surface area contributed by atoms with Crippen LogP contribution in [0.4, 0.5) is 11.4 Å². The fourth-order valence-electron chi connectivity index (χ4n) is 3.67. The fraction of sp³-hybridized carbons (Fsp3) is 0.273. The smallest absolute Gasteiger partial charge is 0.296 e. The zero-order chi connectivity index (χ0) is 19.7. The molecule has 3 aromatic rings. The third kappa shape index (κ3) is 3.39. The summed E-state index contributed by atoms with van der Waals surface area (Å²) in [5.41, 5.74) is 4.63. The molecule has 1 saturated heterocycles. The summed E-state index contributed by atoms with van der Waals surface area (Å²) in [7, 11) is 0. The van der Waals surface area contributed by atoms with E-state index in [9.17, 15) is 9.59 Å². The first-order valence-corrected chi connectivity index (χ1v) is 9.41. The molecule has 0 radical (unpaired) electrons. The number of aromatic amines is 1. The van der Waals surface area contributed by atoms with E-state index in [1.54, 1.807) is 0 Å². The van der Waals surface area contributed by atoms with Gasteiger partial charge in [-0.3, -0.25) is 9.59 Å². The fourth-order valence-corrected chi connectivity index (χ4v) is 3.67. The maximum atomic E-state index is 12.8. The predicted octanol–water partition coefficient (Wildman–Crippen LogP) is 3.44. The molecule has 0 saturated carbocycles. The van der Waals surface area contributed by atoms with Crippen LogP contribution in [0.2, 0.25) is 0 Å². The number of aromatic nitrogens is 1. The minimum absolute atomic E-state index is 0.427. The number of aryl methyl sites for hydroxylation is 2. The van der Waals surface area contributed by atoms with Crippen molar-refractivity contribution < 1.29 is 14.3 Å². The van der Waals surface area contributed by atoms with E-state index in [0.717, 1.165) is 48.5 Å². The molecule has 1 amide bonds. The first-order valence-electron chi connectivity index (χ1n) is 9.41. The number of ketones is 1. The van der Waals surface area contributed by atoms with Crippen LogP contribution in [-0.4, -0.2) is 43.0 Å². The number of amides is 1. The summed E-state index contributed by atoms with van der Waals surface area (Å²) in [5, 5.41) is 3.54. The maximum Gasteiger partial charge on any atom is 0.296 e. The number of carbonyl (C=O) groups excluding carboxylic acids is 2. The van der Waals surface area contributed by atoms with E-state index >= 15 is 0 Å². The average Bonchev–Trinajstić information content (AvgIpc) is 3.05. The maximum absolute atomic E-state index is 12.8. The van der Waals surface area contributed by atoms with Gasteiger partial charge in [0, 0.05) is 41.1 Å². The number of carbonyl (C=O) groups is 2. The number of benzene rings is 2. The Labute approximate surface area is 163 Å². The van der Waals surface area contributed by atoms with Crippen LogP contribution in [0.25, 0.3) is 10.9 Å². The molecule has 28 heavy (non-hydrogen) atoms. The molecule has 144 valence electrons. The van der Waals surface area contributed by atoms with Crippen molar-refractivity contribution in [2.75, 3.05) is 36.5 Å². The van der Waals surface area contributed by atoms with Crippen LogP contribution in [0.1, 0.15) is 21.6 Å². The van der Waals surface area contributed by atoms with Crippen LogP contribution in [0, 0.1) is 13.8 Å². The first kappa shape index (κ1) is 18.3. The van der Waals surface area contributed by atoms with Crippen molar-refractivity contribution >= 4 is 34.0 Å². The summed E-state index contributed by atoms with van der Waals surface area (Å²) < 4.78 is 5.39. The molecule has 6 heteroatoms. The second-order valence-electron chi connectivity index (χ2n) is 7.05. The molecular weight excluding hydrogens is 354 g/mol. The monoisotopic (exact) mass is 377 g/mol. The molecule has 0 aliphatic carbocycles.